The highest BCUT2D eigenvalue weighted by Gasteiger charge is 2.24. The van der Waals surface area contributed by atoms with Crippen LogP contribution in [0.4, 0.5) is 5.82 Å². The van der Waals surface area contributed by atoms with Crippen molar-refractivity contribution in [1.82, 2.24) is 9.55 Å². The molecule has 0 saturated heterocycles. The van der Waals surface area contributed by atoms with Gasteiger partial charge in [0, 0.05) is 17.2 Å². The molecule has 0 fully saturated rings. The van der Waals surface area contributed by atoms with Crippen LogP contribution in [-0.2, 0) is 27.8 Å². The van der Waals surface area contributed by atoms with E-state index in [0.717, 1.165) is 17.3 Å². The number of rotatable bonds is 8. The molecule has 10 nitrogen and oxygen atoms in total. The largest absolute Gasteiger partial charge is 0.491 e. The number of hydrogen-bond acceptors (Lipinski definition) is 8. The summed E-state index contributed by atoms with van der Waals surface area (Å²) in [4.78, 5) is 27.5. The third-order valence-corrected chi connectivity index (χ3v) is 6.99. The summed E-state index contributed by atoms with van der Waals surface area (Å²) in [5, 5.41) is 11.0. The number of nitro groups is 1. The number of allylic oxidation sites excluding steroid dienone is 1. The summed E-state index contributed by atoms with van der Waals surface area (Å²) in [6.07, 6.45) is 3.77. The maximum atomic E-state index is 12.9. The molecule has 182 valence electrons. The third-order valence-electron chi connectivity index (χ3n) is 5.67. The second-order valence-electron chi connectivity index (χ2n) is 8.05. The molecule has 0 atom stereocenters. The minimum atomic E-state index is -3.87. The van der Waals surface area contributed by atoms with E-state index in [1.54, 1.807) is 36.4 Å². The first-order chi connectivity index (χ1) is 16.7. The van der Waals surface area contributed by atoms with E-state index >= 15 is 0 Å². The van der Waals surface area contributed by atoms with Gasteiger partial charge in [-0.05, 0) is 60.6 Å². The van der Waals surface area contributed by atoms with Crippen LogP contribution >= 0.6 is 0 Å². The van der Waals surface area contributed by atoms with E-state index in [-0.39, 0.29) is 29.7 Å². The predicted octanol–water partition coefficient (Wildman–Crippen LogP) is 3.63. The molecule has 3 aromatic rings. The molecule has 11 heteroatoms. The molecule has 1 heterocycles. The lowest BCUT2D eigenvalue weighted by Crippen LogP contribution is -2.16. The topological polar surface area (TPSA) is 131 Å². The summed E-state index contributed by atoms with van der Waals surface area (Å²) < 4.78 is 36.5. The zero-order valence-corrected chi connectivity index (χ0v) is 19.9. The van der Waals surface area contributed by atoms with Crippen molar-refractivity contribution >= 4 is 27.8 Å². The lowest BCUT2D eigenvalue weighted by atomic mass is 9.86. The molecular weight excluding hydrogens is 474 g/mol. The highest BCUT2D eigenvalue weighted by molar-refractivity contribution is 7.86. The molecule has 0 unspecified atom stereocenters. The van der Waals surface area contributed by atoms with E-state index in [1.807, 2.05) is 6.92 Å². The van der Waals surface area contributed by atoms with Crippen LogP contribution in [0, 0.1) is 17.0 Å². The molecule has 0 saturated carbocycles. The summed E-state index contributed by atoms with van der Waals surface area (Å²) >= 11 is 0. The minimum Gasteiger partial charge on any atom is -0.491 e. The fourth-order valence-electron chi connectivity index (χ4n) is 3.73. The van der Waals surface area contributed by atoms with E-state index in [2.05, 4.69) is 4.98 Å². The standard InChI is InChI=1S/C24H23N3O7S/c1-16-3-8-20(9-4-16)35(31,32)34-12-11-33-19-7-10-21-17(13-19)5-6-18(24(21)28)14-22-25-15-23(26(22)2)27(29)30/h3-4,7-10,13-15H,5-6,11-12H2,1-2H3/b18-14+. The Morgan fingerprint density at radius 2 is 1.89 bits per heavy atom. The van der Waals surface area contributed by atoms with Crippen molar-refractivity contribution in [3.63, 3.8) is 0 Å². The molecule has 35 heavy (non-hydrogen) atoms. The van der Waals surface area contributed by atoms with Crippen molar-refractivity contribution in [2.24, 2.45) is 7.05 Å². The summed E-state index contributed by atoms with van der Waals surface area (Å²) in [5.41, 5.74) is 2.80. The van der Waals surface area contributed by atoms with E-state index in [0.29, 0.717) is 35.6 Å². The van der Waals surface area contributed by atoms with Gasteiger partial charge in [-0.15, -0.1) is 0 Å². The Labute approximate surface area is 202 Å². The van der Waals surface area contributed by atoms with Crippen molar-refractivity contribution in [3.8, 4) is 5.75 Å². The summed E-state index contributed by atoms with van der Waals surface area (Å²) in [6, 6.07) is 11.4. The highest BCUT2D eigenvalue weighted by Crippen LogP contribution is 2.30. The number of hydrogen-bond donors (Lipinski definition) is 0. The van der Waals surface area contributed by atoms with Gasteiger partial charge >= 0.3 is 5.82 Å². The highest BCUT2D eigenvalue weighted by atomic mass is 32.2. The van der Waals surface area contributed by atoms with Gasteiger partial charge in [-0.2, -0.15) is 8.42 Å². The second-order valence-corrected chi connectivity index (χ2v) is 9.66. The number of imidazole rings is 1. The van der Waals surface area contributed by atoms with Crippen LogP contribution in [0.2, 0.25) is 0 Å². The summed E-state index contributed by atoms with van der Waals surface area (Å²) in [7, 11) is -2.34. The second kappa shape index (κ2) is 9.80. The number of ether oxygens (including phenoxy) is 1. The molecular formula is C24H23N3O7S. The minimum absolute atomic E-state index is 0.0148. The Morgan fingerprint density at radius 3 is 2.57 bits per heavy atom. The number of nitrogens with zero attached hydrogens (tertiary/aromatic N) is 3. The SMILES string of the molecule is Cc1ccc(S(=O)(=O)OCCOc2ccc3c(c2)CC/C(=C\c2ncc([N+](=O)[O-])n2C)C3=O)cc1. The lowest BCUT2D eigenvalue weighted by molar-refractivity contribution is -0.391. The van der Waals surface area contributed by atoms with Gasteiger partial charge in [-0.3, -0.25) is 8.98 Å². The van der Waals surface area contributed by atoms with Gasteiger partial charge in [0.25, 0.3) is 10.1 Å². The van der Waals surface area contributed by atoms with Gasteiger partial charge in [0.2, 0.25) is 5.82 Å². The normalized spacial score (nSPS) is 14.7. The van der Waals surface area contributed by atoms with Gasteiger partial charge in [0.15, 0.2) is 5.78 Å². The Morgan fingerprint density at radius 1 is 1.14 bits per heavy atom. The maximum absolute atomic E-state index is 12.9. The molecule has 0 amide bonds. The van der Waals surface area contributed by atoms with Crippen molar-refractivity contribution < 1.29 is 27.1 Å². The number of aromatic nitrogens is 2. The number of ketones is 1. The molecule has 4 rings (SSSR count). The quantitative estimate of drug-likeness (QED) is 0.152. The van der Waals surface area contributed by atoms with Crippen LogP contribution in [0.3, 0.4) is 0 Å². The van der Waals surface area contributed by atoms with Crippen LogP contribution in [0.1, 0.15) is 33.7 Å². The van der Waals surface area contributed by atoms with Crippen LogP contribution in [0.15, 0.2) is 59.1 Å². The number of carbonyl (C=O) groups is 1. The van der Waals surface area contributed by atoms with Gasteiger partial charge < -0.3 is 14.9 Å². The fourth-order valence-corrected chi connectivity index (χ4v) is 4.62. The van der Waals surface area contributed by atoms with E-state index < -0.39 is 15.0 Å². The zero-order valence-electron chi connectivity index (χ0n) is 19.1. The molecule has 0 spiro atoms. The number of aryl methyl sites for hydroxylation is 2. The maximum Gasteiger partial charge on any atom is 0.342 e. The van der Waals surface area contributed by atoms with Crippen LogP contribution in [0.5, 0.6) is 5.75 Å². The van der Waals surface area contributed by atoms with E-state index in [4.69, 9.17) is 8.92 Å². The third kappa shape index (κ3) is 5.31. The summed E-state index contributed by atoms with van der Waals surface area (Å²) in [6.45, 7) is 1.72. The average molecular weight is 498 g/mol. The number of benzene rings is 2. The van der Waals surface area contributed by atoms with E-state index in [1.165, 1.54) is 23.7 Å². The molecule has 0 radical (unpaired) electrons. The zero-order chi connectivity index (χ0) is 25.2. The molecule has 1 aliphatic carbocycles. The smallest absolute Gasteiger partial charge is 0.342 e. The van der Waals surface area contributed by atoms with Crippen molar-refractivity contribution in [1.29, 1.82) is 0 Å². The first-order valence-electron chi connectivity index (χ1n) is 10.8. The van der Waals surface area contributed by atoms with Crippen LogP contribution in [-0.4, -0.2) is 41.9 Å². The number of Topliss-reactive ketones (excluding diaryl/α,β-unsaturated/α-hetero) is 1. The Hall–Kier alpha value is -3.83. The van der Waals surface area contributed by atoms with Crippen molar-refractivity contribution in [2.75, 3.05) is 13.2 Å². The fraction of sp³-hybridized carbons (Fsp3) is 0.250. The Kier molecular flexibility index (Phi) is 6.81. The Bertz CT molecular complexity index is 1420. The molecule has 0 N–H and O–H groups in total. The molecule has 0 bridgehead atoms. The first-order valence-corrected chi connectivity index (χ1v) is 12.2. The van der Waals surface area contributed by atoms with Gasteiger partial charge in [0.05, 0.1) is 11.9 Å². The van der Waals surface area contributed by atoms with E-state index in [9.17, 15) is 23.3 Å². The van der Waals surface area contributed by atoms with Crippen LogP contribution < -0.4 is 4.74 Å². The summed E-state index contributed by atoms with van der Waals surface area (Å²) in [5.74, 6) is 0.512. The molecule has 0 aliphatic heterocycles. The average Bonchev–Trinajstić information content (AvgIpc) is 3.19. The van der Waals surface area contributed by atoms with Gasteiger partial charge in [0.1, 0.15) is 25.2 Å². The molecule has 1 aliphatic rings. The Balaban J connectivity index is 1.38. The van der Waals surface area contributed by atoms with Gasteiger partial charge in [-0.25, -0.2) is 9.55 Å². The van der Waals surface area contributed by atoms with Crippen molar-refractivity contribution in [2.45, 2.75) is 24.7 Å². The molecule has 1 aromatic heterocycles. The number of carbonyl (C=O) groups excluding carboxylic acids is 1. The molecule has 2 aromatic carbocycles. The number of fused-ring (bicyclic) bond motifs is 1. The predicted molar refractivity (Wildman–Crippen MR) is 127 cm³/mol. The van der Waals surface area contributed by atoms with Gasteiger partial charge in [-0.1, -0.05) is 17.7 Å². The monoisotopic (exact) mass is 497 g/mol. The lowest BCUT2D eigenvalue weighted by Gasteiger charge is -2.18. The first kappa shape index (κ1) is 24.3. The van der Waals surface area contributed by atoms with Crippen molar-refractivity contribution in [3.05, 3.63) is 86.9 Å². The van der Waals surface area contributed by atoms with Crippen LogP contribution in [0.25, 0.3) is 6.08 Å².